The highest BCUT2D eigenvalue weighted by molar-refractivity contribution is 6.31. The van der Waals surface area contributed by atoms with Gasteiger partial charge in [0.1, 0.15) is 23.4 Å². The fourth-order valence-electron chi connectivity index (χ4n) is 3.03. The first-order valence-electron chi connectivity index (χ1n) is 8.66. The molecule has 142 valence electrons. The zero-order valence-corrected chi connectivity index (χ0v) is 16.0. The van der Waals surface area contributed by atoms with Gasteiger partial charge in [-0.1, -0.05) is 17.7 Å². The van der Waals surface area contributed by atoms with Crippen molar-refractivity contribution in [1.82, 2.24) is 9.97 Å². The first-order chi connectivity index (χ1) is 13.9. The zero-order chi connectivity index (χ0) is 20.5. The highest BCUT2D eigenvalue weighted by Crippen LogP contribution is 2.30. The van der Waals surface area contributed by atoms with E-state index in [0.717, 1.165) is 16.6 Å². The number of aromatic amines is 1. The van der Waals surface area contributed by atoms with Crippen molar-refractivity contribution in [1.29, 1.82) is 5.26 Å². The number of carbonyl (C=O) groups is 1. The van der Waals surface area contributed by atoms with Crippen LogP contribution in [0.25, 0.3) is 34.0 Å². The number of imidazole rings is 1. The molecule has 6 nitrogen and oxygen atoms in total. The van der Waals surface area contributed by atoms with Crippen LogP contribution < -0.4 is 0 Å². The van der Waals surface area contributed by atoms with E-state index in [9.17, 15) is 15.2 Å². The number of halogens is 1. The molecule has 0 aliphatic carbocycles. The van der Waals surface area contributed by atoms with E-state index >= 15 is 0 Å². The minimum Gasteiger partial charge on any atom is -0.478 e. The minimum absolute atomic E-state index is 0.0375. The fraction of sp³-hybridized carbons (Fsp3) is 0.0455. The van der Waals surface area contributed by atoms with Crippen molar-refractivity contribution in [3.8, 4) is 17.4 Å². The smallest absolute Gasteiger partial charge is 0.336 e. The number of carboxylic acids is 1. The van der Waals surface area contributed by atoms with Gasteiger partial charge in [0.05, 0.1) is 22.2 Å². The van der Waals surface area contributed by atoms with Crippen LogP contribution in [-0.2, 0) is 0 Å². The lowest BCUT2D eigenvalue weighted by atomic mass is 10.1. The molecule has 0 fully saturated rings. The number of hydrogen-bond acceptors (Lipinski definition) is 4. The Bertz CT molecular complexity index is 1320. The van der Waals surface area contributed by atoms with Crippen LogP contribution in [0.2, 0.25) is 5.02 Å². The number of aryl methyl sites for hydroxylation is 1. The van der Waals surface area contributed by atoms with E-state index in [-0.39, 0.29) is 5.56 Å². The van der Waals surface area contributed by atoms with Gasteiger partial charge in [0.25, 0.3) is 0 Å². The summed E-state index contributed by atoms with van der Waals surface area (Å²) < 4.78 is 5.77. The molecule has 4 rings (SSSR count). The monoisotopic (exact) mass is 403 g/mol. The van der Waals surface area contributed by atoms with Crippen molar-refractivity contribution in [2.45, 2.75) is 6.92 Å². The fourth-order valence-corrected chi connectivity index (χ4v) is 3.20. The maximum Gasteiger partial charge on any atom is 0.336 e. The molecule has 0 atom stereocenters. The molecule has 29 heavy (non-hydrogen) atoms. The Kier molecular flexibility index (Phi) is 4.67. The molecule has 0 aliphatic heterocycles. The average Bonchev–Trinajstić information content (AvgIpc) is 3.32. The Labute approximate surface area is 170 Å². The molecule has 7 heteroatoms. The number of allylic oxidation sites excluding steroid dienone is 1. The SMILES string of the molecule is Cc1ccc2nc(/C(C#N)=C/c3ccc(-c4ccc(Cl)cc4C(=O)O)o3)[nH]c2c1. The molecule has 0 saturated carbocycles. The number of benzene rings is 2. The number of hydrogen-bond donors (Lipinski definition) is 2. The number of aromatic carboxylic acids is 1. The summed E-state index contributed by atoms with van der Waals surface area (Å²) in [6, 6.07) is 15.8. The molecular formula is C22H14ClN3O3. The lowest BCUT2D eigenvalue weighted by Gasteiger charge is -2.03. The molecule has 0 aliphatic rings. The molecule has 0 spiro atoms. The highest BCUT2D eigenvalue weighted by atomic mass is 35.5. The molecule has 0 saturated heterocycles. The zero-order valence-electron chi connectivity index (χ0n) is 15.2. The number of H-pyrrole nitrogens is 1. The molecule has 2 aromatic carbocycles. The van der Waals surface area contributed by atoms with Gasteiger partial charge in [-0.2, -0.15) is 5.26 Å². The Balaban J connectivity index is 1.72. The molecule has 2 N–H and O–H groups in total. The van der Waals surface area contributed by atoms with E-state index in [1.807, 2.05) is 25.1 Å². The molecule has 0 unspecified atom stereocenters. The molecule has 2 heterocycles. The Morgan fingerprint density at radius 1 is 1.24 bits per heavy atom. The lowest BCUT2D eigenvalue weighted by Crippen LogP contribution is -1.98. The standard InChI is InChI=1S/C22H14ClN3O3/c1-12-2-6-18-19(8-12)26-21(25-18)13(11-24)9-15-4-7-20(29-15)16-5-3-14(23)10-17(16)22(27)28/h2-10H,1H3,(H,25,26)(H,27,28)/b13-9+. The summed E-state index contributed by atoms with van der Waals surface area (Å²) >= 11 is 5.90. The van der Waals surface area contributed by atoms with Crippen molar-refractivity contribution in [2.75, 3.05) is 0 Å². The number of nitriles is 1. The van der Waals surface area contributed by atoms with Crippen LogP contribution in [0, 0.1) is 18.3 Å². The normalized spacial score (nSPS) is 11.6. The van der Waals surface area contributed by atoms with Gasteiger partial charge in [-0.15, -0.1) is 0 Å². The van der Waals surface area contributed by atoms with Crippen LogP contribution in [-0.4, -0.2) is 21.0 Å². The average molecular weight is 404 g/mol. The Morgan fingerprint density at radius 2 is 2.07 bits per heavy atom. The molecule has 4 aromatic rings. The topological polar surface area (TPSA) is 103 Å². The van der Waals surface area contributed by atoms with Crippen molar-refractivity contribution in [3.63, 3.8) is 0 Å². The van der Waals surface area contributed by atoms with E-state index < -0.39 is 5.97 Å². The maximum absolute atomic E-state index is 11.5. The van der Waals surface area contributed by atoms with Crippen LogP contribution in [0.4, 0.5) is 0 Å². The number of furan rings is 1. The molecule has 0 amide bonds. The summed E-state index contributed by atoms with van der Waals surface area (Å²) in [6.07, 6.45) is 1.56. The van der Waals surface area contributed by atoms with Crippen molar-refractivity contribution in [3.05, 3.63) is 76.3 Å². The number of rotatable bonds is 4. The predicted octanol–water partition coefficient (Wildman–Crippen LogP) is 5.55. The predicted molar refractivity (Wildman–Crippen MR) is 110 cm³/mol. The first-order valence-corrected chi connectivity index (χ1v) is 9.04. The largest absolute Gasteiger partial charge is 0.478 e. The maximum atomic E-state index is 11.5. The van der Waals surface area contributed by atoms with E-state index in [1.165, 1.54) is 6.07 Å². The van der Waals surface area contributed by atoms with Crippen molar-refractivity contribution in [2.24, 2.45) is 0 Å². The summed E-state index contributed by atoms with van der Waals surface area (Å²) in [7, 11) is 0. The summed E-state index contributed by atoms with van der Waals surface area (Å²) in [4.78, 5) is 19.1. The van der Waals surface area contributed by atoms with Gasteiger partial charge < -0.3 is 14.5 Å². The summed E-state index contributed by atoms with van der Waals surface area (Å²) in [5.41, 5.74) is 3.43. The Morgan fingerprint density at radius 3 is 2.83 bits per heavy atom. The minimum atomic E-state index is -1.11. The Hall–Kier alpha value is -3.82. The van der Waals surface area contributed by atoms with Gasteiger partial charge in [-0.25, -0.2) is 9.78 Å². The van der Waals surface area contributed by atoms with Crippen LogP contribution in [0.15, 0.2) is 52.9 Å². The van der Waals surface area contributed by atoms with Gasteiger partial charge in [0.15, 0.2) is 0 Å². The summed E-state index contributed by atoms with van der Waals surface area (Å²) in [5, 5.41) is 19.3. The number of aromatic nitrogens is 2. The van der Waals surface area contributed by atoms with Gasteiger partial charge in [-0.05, 0) is 55.0 Å². The summed E-state index contributed by atoms with van der Waals surface area (Å²) in [6.45, 7) is 1.98. The van der Waals surface area contributed by atoms with Crippen LogP contribution >= 0.6 is 11.6 Å². The molecule has 0 bridgehead atoms. The third-order valence-corrected chi connectivity index (χ3v) is 4.64. The first kappa shape index (κ1) is 18.5. The number of nitrogens with one attached hydrogen (secondary N) is 1. The van der Waals surface area contributed by atoms with Gasteiger partial charge in [0, 0.05) is 16.7 Å². The van der Waals surface area contributed by atoms with Crippen molar-refractivity contribution < 1.29 is 14.3 Å². The third-order valence-electron chi connectivity index (χ3n) is 4.40. The second-order valence-electron chi connectivity index (χ2n) is 6.47. The van der Waals surface area contributed by atoms with Crippen LogP contribution in [0.5, 0.6) is 0 Å². The second kappa shape index (κ2) is 7.30. The van der Waals surface area contributed by atoms with Gasteiger partial charge >= 0.3 is 5.97 Å². The van der Waals surface area contributed by atoms with Crippen LogP contribution in [0.3, 0.4) is 0 Å². The van der Waals surface area contributed by atoms with E-state index in [1.54, 1.807) is 30.3 Å². The molecular weight excluding hydrogens is 390 g/mol. The molecule has 2 aromatic heterocycles. The van der Waals surface area contributed by atoms with E-state index in [2.05, 4.69) is 16.0 Å². The van der Waals surface area contributed by atoms with Crippen LogP contribution in [0.1, 0.15) is 27.5 Å². The number of carboxylic acid groups (broad SMARTS) is 1. The van der Waals surface area contributed by atoms with E-state index in [4.69, 9.17) is 16.0 Å². The van der Waals surface area contributed by atoms with Gasteiger partial charge in [0.2, 0.25) is 0 Å². The quantitative estimate of drug-likeness (QED) is 0.435. The van der Waals surface area contributed by atoms with E-state index in [0.29, 0.717) is 33.5 Å². The second-order valence-corrected chi connectivity index (χ2v) is 6.91. The third kappa shape index (κ3) is 3.64. The summed E-state index contributed by atoms with van der Waals surface area (Å²) in [5.74, 6) is 0.0948. The highest BCUT2D eigenvalue weighted by Gasteiger charge is 2.16. The number of fused-ring (bicyclic) bond motifs is 1. The van der Waals surface area contributed by atoms with Gasteiger partial charge in [-0.3, -0.25) is 0 Å². The lowest BCUT2D eigenvalue weighted by molar-refractivity contribution is 0.0697. The van der Waals surface area contributed by atoms with Crippen molar-refractivity contribution >= 4 is 40.3 Å². The molecule has 0 radical (unpaired) electrons. The number of nitrogens with zero attached hydrogens (tertiary/aromatic N) is 2.